The molecule has 100 valence electrons. The van der Waals surface area contributed by atoms with E-state index in [9.17, 15) is 22.8 Å². The summed E-state index contributed by atoms with van der Waals surface area (Å²) in [6.07, 6.45) is -5.04. The second-order valence-electron chi connectivity index (χ2n) is 3.18. The van der Waals surface area contributed by atoms with E-state index in [0.29, 0.717) is 0 Å². The van der Waals surface area contributed by atoms with Crippen molar-refractivity contribution in [3.05, 3.63) is 28.8 Å². The summed E-state index contributed by atoms with van der Waals surface area (Å²) in [7, 11) is 0.925. The number of carbonyl (C=O) groups is 2. The van der Waals surface area contributed by atoms with Gasteiger partial charge in [0.05, 0.1) is 18.2 Å². The van der Waals surface area contributed by atoms with Gasteiger partial charge < -0.3 is 9.47 Å². The van der Waals surface area contributed by atoms with Crippen LogP contribution >= 0.6 is 0 Å². The number of halogens is 3. The predicted octanol–water partition coefficient (Wildman–Crippen LogP) is 2.06. The van der Waals surface area contributed by atoms with Crippen molar-refractivity contribution in [2.45, 2.75) is 6.36 Å². The van der Waals surface area contributed by atoms with Crippen molar-refractivity contribution < 1.29 is 32.2 Å². The summed E-state index contributed by atoms with van der Waals surface area (Å²) in [5.41, 5.74) is -1.65. The van der Waals surface area contributed by atoms with Crippen LogP contribution < -0.4 is 4.74 Å². The van der Waals surface area contributed by atoms with Gasteiger partial charge in [0.15, 0.2) is 12.0 Å². The minimum absolute atomic E-state index is 0.0780. The Morgan fingerprint density at radius 2 is 2.05 bits per heavy atom. The summed E-state index contributed by atoms with van der Waals surface area (Å²) in [4.78, 5) is 22.1. The number of nitrogens with zero attached hydrogens (tertiary/aromatic N) is 1. The quantitative estimate of drug-likeness (QED) is 0.622. The summed E-state index contributed by atoms with van der Waals surface area (Å²) in [6, 6.07) is 3.49. The number of benzene rings is 1. The first-order valence-electron chi connectivity index (χ1n) is 4.70. The molecular weight excluding hydrogens is 267 g/mol. The minimum Gasteiger partial charge on any atom is -0.465 e. The molecule has 19 heavy (non-hydrogen) atoms. The fourth-order valence-corrected chi connectivity index (χ4v) is 1.32. The number of esters is 1. The van der Waals surface area contributed by atoms with Crippen molar-refractivity contribution in [1.82, 2.24) is 0 Å². The molecule has 0 fully saturated rings. The monoisotopic (exact) mass is 273 g/mol. The lowest BCUT2D eigenvalue weighted by Crippen LogP contribution is -2.21. The van der Waals surface area contributed by atoms with E-state index in [0.717, 1.165) is 19.2 Å². The fourth-order valence-electron chi connectivity index (χ4n) is 1.32. The van der Waals surface area contributed by atoms with Crippen LogP contribution in [0.1, 0.15) is 26.3 Å². The van der Waals surface area contributed by atoms with Crippen LogP contribution in [0, 0.1) is 11.3 Å². The van der Waals surface area contributed by atoms with Gasteiger partial charge in [-0.3, -0.25) is 4.79 Å². The SMILES string of the molecule is COC(=O)c1c(C#N)ccc(C=O)c1OC(F)(F)F. The molecule has 0 heterocycles. The lowest BCUT2D eigenvalue weighted by atomic mass is 10.0. The zero-order valence-corrected chi connectivity index (χ0v) is 9.45. The van der Waals surface area contributed by atoms with Gasteiger partial charge in [-0.05, 0) is 12.1 Å². The Kier molecular flexibility index (Phi) is 4.11. The molecule has 0 N–H and O–H groups in total. The minimum atomic E-state index is -5.12. The van der Waals surface area contributed by atoms with Gasteiger partial charge in [-0.25, -0.2) is 4.79 Å². The molecule has 0 spiro atoms. The number of nitriles is 1. The first-order chi connectivity index (χ1) is 8.84. The molecule has 0 aliphatic carbocycles. The predicted molar refractivity (Wildman–Crippen MR) is 54.6 cm³/mol. The van der Waals surface area contributed by atoms with Crippen LogP contribution in [0.25, 0.3) is 0 Å². The first kappa shape index (κ1) is 14.5. The lowest BCUT2D eigenvalue weighted by Gasteiger charge is -2.14. The highest BCUT2D eigenvalue weighted by atomic mass is 19.4. The molecule has 1 rings (SSSR count). The summed E-state index contributed by atoms with van der Waals surface area (Å²) < 4.78 is 44.7. The molecule has 1 aromatic rings. The number of methoxy groups -OCH3 is 1. The normalized spacial score (nSPS) is 10.5. The Labute approximate surface area is 105 Å². The molecular formula is C11H6F3NO4. The van der Waals surface area contributed by atoms with Gasteiger partial charge in [0.2, 0.25) is 0 Å². The third-order valence-corrected chi connectivity index (χ3v) is 2.04. The topological polar surface area (TPSA) is 76.4 Å². The van der Waals surface area contributed by atoms with Crippen LogP contribution in [0.5, 0.6) is 5.75 Å². The number of aldehydes is 1. The van der Waals surface area contributed by atoms with Crippen molar-refractivity contribution in [1.29, 1.82) is 5.26 Å². The highest BCUT2D eigenvalue weighted by Gasteiger charge is 2.35. The molecule has 0 aromatic heterocycles. The first-order valence-corrected chi connectivity index (χ1v) is 4.70. The zero-order valence-electron chi connectivity index (χ0n) is 9.45. The average molecular weight is 273 g/mol. The molecule has 0 radical (unpaired) electrons. The summed E-state index contributed by atoms with van der Waals surface area (Å²) in [5, 5.41) is 8.77. The fraction of sp³-hybridized carbons (Fsp3) is 0.182. The molecule has 0 amide bonds. The van der Waals surface area contributed by atoms with E-state index in [2.05, 4.69) is 9.47 Å². The van der Waals surface area contributed by atoms with Gasteiger partial charge in [-0.1, -0.05) is 0 Å². The van der Waals surface area contributed by atoms with Crippen molar-refractivity contribution in [2.24, 2.45) is 0 Å². The number of carbonyl (C=O) groups excluding carboxylic acids is 2. The van der Waals surface area contributed by atoms with E-state index in [4.69, 9.17) is 5.26 Å². The lowest BCUT2D eigenvalue weighted by molar-refractivity contribution is -0.274. The maximum absolute atomic E-state index is 12.3. The molecule has 0 unspecified atom stereocenters. The summed E-state index contributed by atoms with van der Waals surface area (Å²) in [5.74, 6) is -2.26. The van der Waals surface area contributed by atoms with Gasteiger partial charge in [-0.15, -0.1) is 13.2 Å². The van der Waals surface area contributed by atoms with Crippen LogP contribution in [0.15, 0.2) is 12.1 Å². The van der Waals surface area contributed by atoms with E-state index >= 15 is 0 Å². The Bertz CT molecular complexity index is 560. The van der Waals surface area contributed by atoms with Gasteiger partial charge in [0.25, 0.3) is 0 Å². The number of alkyl halides is 3. The third kappa shape index (κ3) is 3.22. The maximum Gasteiger partial charge on any atom is 0.573 e. The highest BCUT2D eigenvalue weighted by molar-refractivity contribution is 5.98. The van der Waals surface area contributed by atoms with Crippen LogP contribution in [-0.2, 0) is 4.74 Å². The van der Waals surface area contributed by atoms with Crippen LogP contribution in [0.4, 0.5) is 13.2 Å². The van der Waals surface area contributed by atoms with Crippen molar-refractivity contribution in [2.75, 3.05) is 7.11 Å². The third-order valence-electron chi connectivity index (χ3n) is 2.04. The van der Waals surface area contributed by atoms with Crippen molar-refractivity contribution in [3.8, 4) is 11.8 Å². The number of hydrogen-bond acceptors (Lipinski definition) is 5. The van der Waals surface area contributed by atoms with Crippen LogP contribution in [0.3, 0.4) is 0 Å². The molecule has 0 bridgehead atoms. The Morgan fingerprint density at radius 1 is 1.42 bits per heavy atom. The Balaban J connectivity index is 3.58. The van der Waals surface area contributed by atoms with E-state index in [1.54, 1.807) is 0 Å². The van der Waals surface area contributed by atoms with E-state index in [-0.39, 0.29) is 6.29 Å². The van der Waals surface area contributed by atoms with Gasteiger partial charge in [0, 0.05) is 0 Å². The van der Waals surface area contributed by atoms with Crippen LogP contribution in [0.2, 0.25) is 0 Å². The molecule has 0 saturated carbocycles. The average Bonchev–Trinajstić information content (AvgIpc) is 2.35. The number of hydrogen-bond donors (Lipinski definition) is 0. The molecule has 1 aromatic carbocycles. The molecule has 0 aliphatic rings. The highest BCUT2D eigenvalue weighted by Crippen LogP contribution is 2.32. The standard InChI is InChI=1S/C11H6F3NO4/c1-18-10(17)8-6(4-15)2-3-7(5-16)9(8)19-11(12,13)14/h2-3,5H,1H3. The smallest absolute Gasteiger partial charge is 0.465 e. The maximum atomic E-state index is 12.3. The second-order valence-corrected chi connectivity index (χ2v) is 3.18. The zero-order chi connectivity index (χ0) is 14.6. The summed E-state index contributed by atoms with van der Waals surface area (Å²) in [6.45, 7) is 0. The van der Waals surface area contributed by atoms with E-state index in [1.807, 2.05) is 0 Å². The van der Waals surface area contributed by atoms with Crippen molar-refractivity contribution in [3.63, 3.8) is 0 Å². The number of rotatable bonds is 3. The van der Waals surface area contributed by atoms with Gasteiger partial charge in [0.1, 0.15) is 11.6 Å². The molecule has 0 atom stereocenters. The Morgan fingerprint density at radius 3 is 2.47 bits per heavy atom. The van der Waals surface area contributed by atoms with Crippen molar-refractivity contribution >= 4 is 12.3 Å². The van der Waals surface area contributed by atoms with Gasteiger partial charge in [-0.2, -0.15) is 5.26 Å². The number of ether oxygens (including phenoxy) is 2. The Hall–Kier alpha value is -2.56. The second kappa shape index (κ2) is 5.39. The van der Waals surface area contributed by atoms with E-state index in [1.165, 1.54) is 6.07 Å². The largest absolute Gasteiger partial charge is 0.573 e. The molecule has 0 saturated heterocycles. The van der Waals surface area contributed by atoms with Gasteiger partial charge >= 0.3 is 12.3 Å². The summed E-state index contributed by atoms with van der Waals surface area (Å²) >= 11 is 0. The van der Waals surface area contributed by atoms with E-state index < -0.39 is 34.8 Å². The molecule has 8 heteroatoms. The molecule has 5 nitrogen and oxygen atoms in total. The molecule has 0 aliphatic heterocycles. The van der Waals surface area contributed by atoms with Crippen LogP contribution in [-0.4, -0.2) is 25.7 Å².